The fraction of sp³-hybridized carbons (Fsp3) is 0.650. The van der Waals surface area contributed by atoms with Gasteiger partial charge in [-0.15, -0.1) is 0 Å². The highest BCUT2D eigenvalue weighted by Crippen LogP contribution is 2.35. The van der Waals surface area contributed by atoms with Crippen molar-refractivity contribution >= 4 is 6.03 Å². The van der Waals surface area contributed by atoms with E-state index in [0.717, 1.165) is 43.0 Å². The van der Waals surface area contributed by atoms with Crippen molar-refractivity contribution in [2.24, 2.45) is 0 Å². The number of benzene rings is 1. The van der Waals surface area contributed by atoms with Gasteiger partial charge in [0.1, 0.15) is 17.6 Å². The third kappa shape index (κ3) is 3.47. The van der Waals surface area contributed by atoms with Crippen molar-refractivity contribution < 1.29 is 14.3 Å². The van der Waals surface area contributed by atoms with Crippen LogP contribution in [0.5, 0.6) is 11.5 Å². The fourth-order valence-corrected chi connectivity index (χ4v) is 4.42. The number of nitrogens with one attached hydrogen (secondary N) is 1. The van der Waals surface area contributed by atoms with E-state index in [2.05, 4.69) is 17.1 Å². The molecule has 0 aromatic heterocycles. The maximum Gasteiger partial charge on any atom is 0.317 e. The molecule has 4 rings (SSSR count). The van der Waals surface area contributed by atoms with Gasteiger partial charge in [0.05, 0.1) is 7.11 Å². The summed E-state index contributed by atoms with van der Waals surface area (Å²) in [6.07, 6.45) is 4.78. The number of carbonyl (C=O) groups is 1. The SMILES string of the molecule is COc1cc2c(cc1CNC(=O)N1CCC(N3CCCC3)C1)OC(C)C2. The number of methoxy groups -OCH3 is 1. The zero-order chi connectivity index (χ0) is 18.1. The molecule has 2 fully saturated rings. The van der Waals surface area contributed by atoms with E-state index in [1.807, 2.05) is 17.0 Å². The van der Waals surface area contributed by atoms with Crippen molar-refractivity contribution in [2.45, 2.75) is 51.3 Å². The summed E-state index contributed by atoms with van der Waals surface area (Å²) in [5, 5.41) is 3.06. The van der Waals surface area contributed by atoms with Crippen molar-refractivity contribution in [3.63, 3.8) is 0 Å². The van der Waals surface area contributed by atoms with Gasteiger partial charge in [0, 0.05) is 43.2 Å². The minimum atomic E-state index is 0.0172. The van der Waals surface area contributed by atoms with Crippen LogP contribution in [0, 0.1) is 0 Å². The van der Waals surface area contributed by atoms with Crippen molar-refractivity contribution in [3.05, 3.63) is 23.3 Å². The summed E-state index contributed by atoms with van der Waals surface area (Å²) < 4.78 is 11.4. The minimum absolute atomic E-state index is 0.0172. The van der Waals surface area contributed by atoms with Gasteiger partial charge in [0.15, 0.2) is 0 Å². The number of amides is 2. The van der Waals surface area contributed by atoms with Gasteiger partial charge in [0.2, 0.25) is 0 Å². The summed E-state index contributed by atoms with van der Waals surface area (Å²) in [7, 11) is 1.67. The predicted octanol–water partition coefficient (Wildman–Crippen LogP) is 2.40. The van der Waals surface area contributed by atoms with Crippen molar-refractivity contribution in [1.29, 1.82) is 0 Å². The Balaban J connectivity index is 1.35. The number of nitrogens with zero attached hydrogens (tertiary/aromatic N) is 2. The van der Waals surface area contributed by atoms with Gasteiger partial charge < -0.3 is 19.7 Å². The molecule has 0 aliphatic carbocycles. The zero-order valence-corrected chi connectivity index (χ0v) is 15.8. The molecule has 0 radical (unpaired) electrons. The van der Waals surface area contributed by atoms with E-state index in [9.17, 15) is 4.79 Å². The molecule has 0 spiro atoms. The molecule has 3 aliphatic heterocycles. The lowest BCUT2D eigenvalue weighted by Crippen LogP contribution is -2.41. The van der Waals surface area contributed by atoms with Gasteiger partial charge in [-0.05, 0) is 51.4 Å². The number of hydrogen-bond acceptors (Lipinski definition) is 4. The van der Waals surface area contributed by atoms with E-state index < -0.39 is 0 Å². The molecule has 2 atom stereocenters. The second-order valence-electron chi connectivity index (χ2n) is 7.69. The first-order valence-corrected chi connectivity index (χ1v) is 9.77. The lowest BCUT2D eigenvalue weighted by atomic mass is 10.1. The van der Waals surface area contributed by atoms with Gasteiger partial charge in [-0.2, -0.15) is 0 Å². The smallest absolute Gasteiger partial charge is 0.317 e. The molecule has 6 nitrogen and oxygen atoms in total. The van der Waals surface area contributed by atoms with E-state index in [1.54, 1.807) is 7.11 Å². The predicted molar refractivity (Wildman–Crippen MR) is 99.8 cm³/mol. The maximum atomic E-state index is 12.6. The lowest BCUT2D eigenvalue weighted by molar-refractivity contribution is 0.198. The second-order valence-corrected chi connectivity index (χ2v) is 7.69. The van der Waals surface area contributed by atoms with Crippen LogP contribution in [-0.4, -0.2) is 61.3 Å². The molecule has 1 N–H and O–H groups in total. The normalized spacial score (nSPS) is 25.2. The van der Waals surface area contributed by atoms with Crippen LogP contribution in [-0.2, 0) is 13.0 Å². The van der Waals surface area contributed by atoms with Crippen molar-refractivity contribution in [3.8, 4) is 11.5 Å². The second kappa shape index (κ2) is 7.35. The molecular formula is C20H29N3O3. The lowest BCUT2D eigenvalue weighted by Gasteiger charge is -2.23. The Bertz CT molecular complexity index is 673. The molecular weight excluding hydrogens is 330 g/mol. The summed E-state index contributed by atoms with van der Waals surface area (Å²) >= 11 is 0. The first-order valence-electron chi connectivity index (χ1n) is 9.77. The monoisotopic (exact) mass is 359 g/mol. The third-order valence-corrected chi connectivity index (χ3v) is 5.84. The van der Waals surface area contributed by atoms with Crippen LogP contribution in [0.4, 0.5) is 4.79 Å². The Labute approximate surface area is 155 Å². The average Bonchev–Trinajstić information content (AvgIpc) is 3.36. The summed E-state index contributed by atoms with van der Waals surface area (Å²) in [4.78, 5) is 17.1. The van der Waals surface area contributed by atoms with Crippen LogP contribution in [0.1, 0.15) is 37.3 Å². The summed E-state index contributed by atoms with van der Waals surface area (Å²) in [6, 6.07) is 4.60. The van der Waals surface area contributed by atoms with Gasteiger partial charge >= 0.3 is 6.03 Å². The number of carbonyl (C=O) groups excluding carboxylic acids is 1. The molecule has 2 unspecified atom stereocenters. The quantitative estimate of drug-likeness (QED) is 0.897. The standard InChI is InChI=1S/C20H29N3O3/c1-14-9-15-10-18(25-2)16(11-19(15)26-14)12-21-20(24)23-8-5-17(13-23)22-6-3-4-7-22/h10-11,14,17H,3-9,12-13H2,1-2H3,(H,21,24). The van der Waals surface area contributed by atoms with Crippen LogP contribution < -0.4 is 14.8 Å². The Kier molecular flexibility index (Phi) is 4.94. The zero-order valence-electron chi connectivity index (χ0n) is 15.8. The van der Waals surface area contributed by atoms with Crippen LogP contribution in [0.2, 0.25) is 0 Å². The molecule has 142 valence electrons. The number of ether oxygens (including phenoxy) is 2. The highest BCUT2D eigenvalue weighted by atomic mass is 16.5. The maximum absolute atomic E-state index is 12.6. The molecule has 6 heteroatoms. The van der Waals surface area contributed by atoms with E-state index in [0.29, 0.717) is 12.6 Å². The number of fused-ring (bicyclic) bond motifs is 1. The Morgan fingerprint density at radius 1 is 1.31 bits per heavy atom. The molecule has 0 bridgehead atoms. The van der Waals surface area contributed by atoms with Crippen molar-refractivity contribution in [1.82, 2.24) is 15.1 Å². The molecule has 2 saturated heterocycles. The Hall–Kier alpha value is -1.95. The fourth-order valence-electron chi connectivity index (χ4n) is 4.42. The molecule has 3 aliphatic rings. The van der Waals surface area contributed by atoms with Crippen LogP contribution >= 0.6 is 0 Å². The number of likely N-dealkylation sites (tertiary alicyclic amines) is 2. The number of hydrogen-bond donors (Lipinski definition) is 1. The molecule has 1 aromatic rings. The molecule has 26 heavy (non-hydrogen) atoms. The average molecular weight is 359 g/mol. The van der Waals surface area contributed by atoms with Gasteiger partial charge in [-0.3, -0.25) is 4.90 Å². The molecule has 2 amide bonds. The molecule has 0 saturated carbocycles. The number of rotatable bonds is 4. The van der Waals surface area contributed by atoms with E-state index in [4.69, 9.17) is 9.47 Å². The topological polar surface area (TPSA) is 54.0 Å². The number of urea groups is 1. The van der Waals surface area contributed by atoms with Gasteiger partial charge in [0.25, 0.3) is 0 Å². The van der Waals surface area contributed by atoms with Crippen molar-refractivity contribution in [2.75, 3.05) is 33.3 Å². The Morgan fingerprint density at radius 3 is 2.88 bits per heavy atom. The van der Waals surface area contributed by atoms with Gasteiger partial charge in [-0.25, -0.2) is 4.79 Å². The first kappa shape index (κ1) is 17.5. The minimum Gasteiger partial charge on any atom is -0.496 e. The third-order valence-electron chi connectivity index (χ3n) is 5.84. The van der Waals surface area contributed by atoms with E-state index in [1.165, 1.54) is 31.5 Å². The summed E-state index contributed by atoms with van der Waals surface area (Å²) in [5.74, 6) is 1.73. The van der Waals surface area contributed by atoms with Gasteiger partial charge in [-0.1, -0.05) is 0 Å². The van der Waals surface area contributed by atoms with E-state index >= 15 is 0 Å². The highest BCUT2D eigenvalue weighted by molar-refractivity contribution is 5.74. The van der Waals surface area contributed by atoms with E-state index in [-0.39, 0.29) is 12.1 Å². The van der Waals surface area contributed by atoms with Crippen LogP contribution in [0.25, 0.3) is 0 Å². The molecule has 3 heterocycles. The van der Waals surface area contributed by atoms with Crippen LogP contribution in [0.3, 0.4) is 0 Å². The highest BCUT2D eigenvalue weighted by Gasteiger charge is 2.31. The first-order chi connectivity index (χ1) is 12.6. The molecule has 1 aromatic carbocycles. The summed E-state index contributed by atoms with van der Waals surface area (Å²) in [6.45, 7) is 6.58. The van der Waals surface area contributed by atoms with Crippen LogP contribution in [0.15, 0.2) is 12.1 Å². The Morgan fingerprint density at radius 2 is 2.12 bits per heavy atom. The summed E-state index contributed by atoms with van der Waals surface area (Å²) in [5.41, 5.74) is 2.14. The largest absolute Gasteiger partial charge is 0.496 e.